The van der Waals surface area contributed by atoms with Crippen molar-refractivity contribution in [3.8, 4) is 0 Å². The number of carbonyl (C=O) groups excluding carboxylic acids is 3. The second-order valence-corrected chi connectivity index (χ2v) is 8.62. The Morgan fingerprint density at radius 1 is 1.28 bits per heavy atom. The normalized spacial score (nSPS) is 24.3. The molecule has 0 aliphatic carbocycles. The molecular formula is C21H24N4O3S. The highest BCUT2D eigenvalue weighted by Crippen LogP contribution is 2.37. The molecule has 7 nitrogen and oxygen atoms in total. The standard InChI is InChI=1S/C21H24N4O3S/c1-3-21(2)19(27)25(20(28)22-21)23-17(26)13-24-11-9-16-15(10-12-29-16)18(24)14-7-5-4-6-8-14/h4-8,10,12,18H,3,9,11,13H2,1-2H3,(H,22,28)(H,23,26). The zero-order valence-electron chi connectivity index (χ0n) is 16.5. The lowest BCUT2D eigenvalue weighted by molar-refractivity contribution is -0.139. The molecule has 0 saturated carbocycles. The maximum Gasteiger partial charge on any atom is 0.344 e. The Morgan fingerprint density at radius 2 is 2.03 bits per heavy atom. The Hall–Kier alpha value is -2.71. The molecule has 0 spiro atoms. The van der Waals surface area contributed by atoms with Crippen LogP contribution in [0.3, 0.4) is 0 Å². The largest absolute Gasteiger partial charge is 0.344 e. The van der Waals surface area contributed by atoms with E-state index in [0.29, 0.717) is 6.42 Å². The van der Waals surface area contributed by atoms with Gasteiger partial charge >= 0.3 is 6.03 Å². The maximum atomic E-state index is 12.8. The van der Waals surface area contributed by atoms with E-state index >= 15 is 0 Å². The fourth-order valence-electron chi connectivity index (χ4n) is 3.93. The number of urea groups is 1. The smallest absolute Gasteiger partial charge is 0.322 e. The number of thiophene rings is 1. The summed E-state index contributed by atoms with van der Waals surface area (Å²) < 4.78 is 0. The van der Waals surface area contributed by atoms with Crippen LogP contribution < -0.4 is 10.7 Å². The first-order valence-corrected chi connectivity index (χ1v) is 10.6. The van der Waals surface area contributed by atoms with Gasteiger partial charge in [-0.05, 0) is 42.3 Å². The Bertz CT molecular complexity index is 944. The van der Waals surface area contributed by atoms with Crippen molar-refractivity contribution in [2.45, 2.75) is 38.3 Å². The van der Waals surface area contributed by atoms with Crippen molar-refractivity contribution in [2.75, 3.05) is 13.1 Å². The Kier molecular flexibility index (Phi) is 5.14. The summed E-state index contributed by atoms with van der Waals surface area (Å²) >= 11 is 1.74. The first kappa shape index (κ1) is 19.6. The number of imide groups is 1. The average molecular weight is 413 g/mol. The van der Waals surface area contributed by atoms with Gasteiger partial charge in [0.2, 0.25) is 0 Å². The number of hydrogen-bond donors (Lipinski definition) is 2. The molecule has 2 N–H and O–H groups in total. The van der Waals surface area contributed by atoms with Gasteiger partial charge in [0.25, 0.3) is 11.8 Å². The molecule has 2 aliphatic heterocycles. The first-order chi connectivity index (χ1) is 13.9. The molecular weight excluding hydrogens is 388 g/mol. The van der Waals surface area contributed by atoms with Gasteiger partial charge in [0.1, 0.15) is 5.54 Å². The highest BCUT2D eigenvalue weighted by Gasteiger charge is 2.47. The minimum atomic E-state index is -0.979. The SMILES string of the molecule is CCC1(C)NC(=O)N(NC(=O)CN2CCc3sccc3C2c2ccccc2)C1=O. The van der Waals surface area contributed by atoms with E-state index < -0.39 is 17.5 Å². The molecule has 2 aromatic rings. The zero-order valence-corrected chi connectivity index (χ0v) is 17.3. The number of amides is 4. The van der Waals surface area contributed by atoms with E-state index in [0.717, 1.165) is 23.5 Å². The van der Waals surface area contributed by atoms with E-state index in [1.165, 1.54) is 10.4 Å². The third-order valence-corrected chi connectivity index (χ3v) is 6.73. The van der Waals surface area contributed by atoms with Gasteiger partial charge in [0.05, 0.1) is 12.6 Å². The highest BCUT2D eigenvalue weighted by atomic mass is 32.1. The molecule has 152 valence electrons. The average Bonchev–Trinajstić information content (AvgIpc) is 3.27. The van der Waals surface area contributed by atoms with E-state index in [-0.39, 0.29) is 18.5 Å². The summed E-state index contributed by atoms with van der Waals surface area (Å²) in [6, 6.07) is 11.6. The molecule has 1 fully saturated rings. The minimum absolute atomic E-state index is 0.0269. The molecule has 8 heteroatoms. The van der Waals surface area contributed by atoms with Crippen molar-refractivity contribution >= 4 is 29.2 Å². The van der Waals surface area contributed by atoms with Gasteiger partial charge in [-0.3, -0.25) is 19.9 Å². The topological polar surface area (TPSA) is 81.8 Å². The predicted octanol–water partition coefficient (Wildman–Crippen LogP) is 2.45. The molecule has 3 heterocycles. The lowest BCUT2D eigenvalue weighted by Gasteiger charge is -2.36. The molecule has 4 rings (SSSR count). The van der Waals surface area contributed by atoms with Gasteiger partial charge in [-0.1, -0.05) is 37.3 Å². The maximum absolute atomic E-state index is 12.8. The summed E-state index contributed by atoms with van der Waals surface area (Å²) in [5.74, 6) is -0.815. The molecule has 1 saturated heterocycles. The van der Waals surface area contributed by atoms with Gasteiger partial charge in [0.15, 0.2) is 0 Å². The third-order valence-electron chi connectivity index (χ3n) is 5.73. The molecule has 0 bridgehead atoms. The predicted molar refractivity (Wildman–Crippen MR) is 110 cm³/mol. The van der Waals surface area contributed by atoms with E-state index in [1.54, 1.807) is 18.3 Å². The van der Waals surface area contributed by atoms with Crippen molar-refractivity contribution in [2.24, 2.45) is 0 Å². The van der Waals surface area contributed by atoms with Crippen LogP contribution in [0.4, 0.5) is 4.79 Å². The van der Waals surface area contributed by atoms with Crippen LogP contribution in [0.25, 0.3) is 0 Å². The fourth-order valence-corrected chi connectivity index (χ4v) is 4.84. The molecule has 1 aromatic carbocycles. The Labute approximate surface area is 173 Å². The number of carbonyl (C=O) groups is 3. The highest BCUT2D eigenvalue weighted by molar-refractivity contribution is 7.10. The van der Waals surface area contributed by atoms with Crippen molar-refractivity contribution in [1.29, 1.82) is 0 Å². The van der Waals surface area contributed by atoms with Crippen molar-refractivity contribution in [3.05, 3.63) is 57.8 Å². The summed E-state index contributed by atoms with van der Waals surface area (Å²) in [5.41, 5.74) is 3.86. The monoisotopic (exact) mass is 412 g/mol. The Morgan fingerprint density at radius 3 is 2.72 bits per heavy atom. The number of rotatable bonds is 5. The zero-order chi connectivity index (χ0) is 20.6. The lowest BCUT2D eigenvalue weighted by Crippen LogP contribution is -2.52. The van der Waals surface area contributed by atoms with Crippen molar-refractivity contribution in [3.63, 3.8) is 0 Å². The molecule has 2 atom stereocenters. The number of benzene rings is 1. The van der Waals surface area contributed by atoms with E-state index in [9.17, 15) is 14.4 Å². The van der Waals surface area contributed by atoms with Crippen LogP contribution in [0.1, 0.15) is 42.3 Å². The first-order valence-electron chi connectivity index (χ1n) is 9.74. The molecule has 2 aliphatic rings. The van der Waals surface area contributed by atoms with Gasteiger partial charge < -0.3 is 5.32 Å². The summed E-state index contributed by atoms with van der Waals surface area (Å²) in [6.45, 7) is 4.30. The van der Waals surface area contributed by atoms with Crippen LogP contribution in [0.5, 0.6) is 0 Å². The van der Waals surface area contributed by atoms with Crippen LogP contribution in [0.15, 0.2) is 41.8 Å². The second kappa shape index (κ2) is 7.61. The summed E-state index contributed by atoms with van der Waals surface area (Å²) in [5, 5.41) is 5.54. The summed E-state index contributed by atoms with van der Waals surface area (Å²) in [6.07, 6.45) is 1.33. The van der Waals surface area contributed by atoms with E-state index in [2.05, 4.69) is 39.2 Å². The van der Waals surface area contributed by atoms with E-state index in [4.69, 9.17) is 0 Å². The van der Waals surface area contributed by atoms with Crippen LogP contribution in [0, 0.1) is 0 Å². The molecule has 1 aromatic heterocycles. The fraction of sp³-hybridized carbons (Fsp3) is 0.381. The van der Waals surface area contributed by atoms with Gasteiger partial charge in [0, 0.05) is 11.4 Å². The van der Waals surface area contributed by atoms with Crippen LogP contribution >= 0.6 is 11.3 Å². The number of fused-ring (bicyclic) bond motifs is 1. The number of nitrogens with zero attached hydrogens (tertiary/aromatic N) is 2. The molecule has 29 heavy (non-hydrogen) atoms. The van der Waals surface area contributed by atoms with Gasteiger partial charge in [-0.15, -0.1) is 11.3 Å². The molecule has 0 radical (unpaired) electrons. The third kappa shape index (κ3) is 3.54. The quantitative estimate of drug-likeness (QED) is 0.739. The number of hydrazine groups is 1. The summed E-state index contributed by atoms with van der Waals surface area (Å²) in [7, 11) is 0. The summed E-state index contributed by atoms with van der Waals surface area (Å²) in [4.78, 5) is 40.9. The number of nitrogens with one attached hydrogen (secondary N) is 2. The lowest BCUT2D eigenvalue weighted by atomic mass is 9.93. The minimum Gasteiger partial charge on any atom is -0.322 e. The van der Waals surface area contributed by atoms with Crippen molar-refractivity contribution in [1.82, 2.24) is 20.7 Å². The molecule has 2 unspecified atom stereocenters. The van der Waals surface area contributed by atoms with Crippen molar-refractivity contribution < 1.29 is 14.4 Å². The van der Waals surface area contributed by atoms with Gasteiger partial charge in [-0.25, -0.2) is 4.79 Å². The van der Waals surface area contributed by atoms with Crippen LogP contribution in [-0.4, -0.2) is 46.4 Å². The van der Waals surface area contributed by atoms with Crippen LogP contribution in [0.2, 0.25) is 0 Å². The van der Waals surface area contributed by atoms with Crippen LogP contribution in [-0.2, 0) is 16.0 Å². The van der Waals surface area contributed by atoms with E-state index in [1.807, 2.05) is 25.1 Å². The van der Waals surface area contributed by atoms with Gasteiger partial charge in [-0.2, -0.15) is 5.01 Å². The Balaban J connectivity index is 1.52. The number of hydrogen-bond acceptors (Lipinski definition) is 5. The molecule has 4 amide bonds. The second-order valence-electron chi connectivity index (χ2n) is 7.62.